The van der Waals surface area contributed by atoms with E-state index in [1.165, 1.54) is 11.5 Å². The van der Waals surface area contributed by atoms with E-state index in [0.717, 1.165) is 46.3 Å². The molecule has 3 aromatic heterocycles. The van der Waals surface area contributed by atoms with Crippen molar-refractivity contribution in [2.24, 2.45) is 0 Å². The molecule has 4 aromatic rings. The molecule has 1 saturated carbocycles. The fraction of sp³-hybridized carbons (Fsp3) is 0.250. The van der Waals surface area contributed by atoms with Crippen molar-refractivity contribution in [3.8, 4) is 11.1 Å². The van der Waals surface area contributed by atoms with E-state index in [9.17, 15) is 9.59 Å². The lowest BCUT2D eigenvalue weighted by Crippen LogP contribution is -2.16. The summed E-state index contributed by atoms with van der Waals surface area (Å²) >= 11 is 1.27. The van der Waals surface area contributed by atoms with Crippen LogP contribution in [-0.4, -0.2) is 13.9 Å². The van der Waals surface area contributed by atoms with Gasteiger partial charge in [-0.15, -0.1) is 0 Å². The number of fused-ring (bicyclic) bond motifs is 2. The molecule has 26 heavy (non-hydrogen) atoms. The molecule has 1 aliphatic rings. The molecule has 0 radical (unpaired) electrons. The highest BCUT2D eigenvalue weighted by Gasteiger charge is 2.30. The number of aryl methyl sites for hydroxylation is 1. The molecule has 1 aromatic carbocycles. The van der Waals surface area contributed by atoms with Gasteiger partial charge in [0, 0.05) is 23.8 Å². The van der Waals surface area contributed by atoms with Gasteiger partial charge in [0.2, 0.25) is 5.43 Å². The van der Waals surface area contributed by atoms with Crippen LogP contribution in [0.4, 0.5) is 0 Å². The summed E-state index contributed by atoms with van der Waals surface area (Å²) in [7, 11) is 0. The Bertz CT molecular complexity index is 1260. The second kappa shape index (κ2) is 5.64. The molecule has 5 nitrogen and oxygen atoms in total. The lowest BCUT2D eigenvalue weighted by molar-refractivity contribution is 0.800. The van der Waals surface area contributed by atoms with Gasteiger partial charge in [0.15, 0.2) is 0 Å². The molecule has 1 fully saturated rings. The monoisotopic (exact) mass is 363 g/mol. The van der Waals surface area contributed by atoms with E-state index in [1.807, 2.05) is 24.3 Å². The van der Waals surface area contributed by atoms with Crippen LogP contribution >= 0.6 is 11.5 Å². The van der Waals surface area contributed by atoms with Crippen molar-refractivity contribution in [3.63, 3.8) is 0 Å². The third kappa shape index (κ3) is 2.12. The highest BCUT2D eigenvalue weighted by molar-refractivity contribution is 7.12. The minimum Gasteiger partial charge on any atom is -0.327 e. The van der Waals surface area contributed by atoms with E-state index in [-0.39, 0.29) is 11.0 Å². The van der Waals surface area contributed by atoms with Crippen LogP contribution in [0.3, 0.4) is 0 Å². The van der Waals surface area contributed by atoms with Gasteiger partial charge in [0.05, 0.1) is 5.52 Å². The van der Waals surface area contributed by atoms with Crippen molar-refractivity contribution < 1.29 is 0 Å². The molecule has 1 aliphatic carbocycles. The van der Waals surface area contributed by atoms with Crippen molar-refractivity contribution in [2.75, 3.05) is 0 Å². The summed E-state index contributed by atoms with van der Waals surface area (Å²) in [5, 5.41) is 0.941. The summed E-state index contributed by atoms with van der Waals surface area (Å²) in [6.07, 6.45) is 6.55. The number of nitrogens with zero attached hydrogens (tertiary/aromatic N) is 2. The smallest absolute Gasteiger partial charge is 0.271 e. The Balaban J connectivity index is 2.00. The van der Waals surface area contributed by atoms with Crippen molar-refractivity contribution in [1.29, 1.82) is 0 Å². The Labute approximate surface area is 153 Å². The van der Waals surface area contributed by atoms with Gasteiger partial charge in [0.25, 0.3) is 5.56 Å². The molecule has 5 rings (SSSR count). The van der Waals surface area contributed by atoms with Gasteiger partial charge in [-0.05, 0) is 65.7 Å². The van der Waals surface area contributed by atoms with Gasteiger partial charge >= 0.3 is 0 Å². The highest BCUT2D eigenvalue weighted by Crippen LogP contribution is 2.42. The van der Waals surface area contributed by atoms with Gasteiger partial charge in [0.1, 0.15) is 10.2 Å². The zero-order chi connectivity index (χ0) is 17.8. The molecule has 0 amide bonds. The third-order valence-electron chi connectivity index (χ3n) is 5.15. The van der Waals surface area contributed by atoms with Crippen LogP contribution in [0.2, 0.25) is 0 Å². The van der Waals surface area contributed by atoms with Gasteiger partial charge in [-0.2, -0.15) is 0 Å². The quantitative estimate of drug-likeness (QED) is 0.601. The van der Waals surface area contributed by atoms with E-state index in [2.05, 4.69) is 20.8 Å². The van der Waals surface area contributed by atoms with Crippen LogP contribution in [0.25, 0.3) is 32.2 Å². The maximum Gasteiger partial charge on any atom is 0.271 e. The number of benzene rings is 1. The van der Waals surface area contributed by atoms with E-state index in [4.69, 9.17) is 0 Å². The Morgan fingerprint density at radius 2 is 1.96 bits per heavy atom. The molecule has 6 heteroatoms. The predicted molar refractivity (Wildman–Crippen MR) is 105 cm³/mol. The zero-order valence-electron chi connectivity index (χ0n) is 14.3. The van der Waals surface area contributed by atoms with Crippen molar-refractivity contribution >= 4 is 32.7 Å². The van der Waals surface area contributed by atoms with Crippen molar-refractivity contribution in [2.45, 2.75) is 32.2 Å². The summed E-state index contributed by atoms with van der Waals surface area (Å²) in [5.74, 6) is 0. The number of hydrogen-bond acceptors (Lipinski definition) is 4. The first-order valence-electron chi connectivity index (χ1n) is 8.82. The SMILES string of the molecule is CCc1c(-c2ccncc2)ccc2c(=O)c3c(=O)[nH]sc3n(C3CC3)c12. The van der Waals surface area contributed by atoms with Crippen LogP contribution in [-0.2, 0) is 6.42 Å². The molecule has 0 saturated heterocycles. The Hall–Kier alpha value is -2.73. The lowest BCUT2D eigenvalue weighted by atomic mass is 9.95. The summed E-state index contributed by atoms with van der Waals surface area (Å²) < 4.78 is 4.99. The Kier molecular flexibility index (Phi) is 3.37. The number of H-pyrrole nitrogens is 1. The number of rotatable bonds is 3. The zero-order valence-corrected chi connectivity index (χ0v) is 15.1. The van der Waals surface area contributed by atoms with E-state index >= 15 is 0 Å². The number of aromatic nitrogens is 3. The molecule has 0 atom stereocenters. The Morgan fingerprint density at radius 3 is 2.65 bits per heavy atom. The molecule has 3 heterocycles. The van der Waals surface area contributed by atoms with E-state index in [0.29, 0.717) is 16.8 Å². The minimum absolute atomic E-state index is 0.162. The molecular formula is C20H17N3O2S. The first-order chi connectivity index (χ1) is 12.7. The molecule has 0 bridgehead atoms. The maximum absolute atomic E-state index is 13.0. The van der Waals surface area contributed by atoms with Gasteiger partial charge in [-0.25, -0.2) is 0 Å². The van der Waals surface area contributed by atoms with Gasteiger partial charge in [-0.1, -0.05) is 13.0 Å². The molecule has 1 N–H and O–H groups in total. The summed E-state index contributed by atoms with van der Waals surface area (Å²) in [6.45, 7) is 2.12. The highest BCUT2D eigenvalue weighted by atomic mass is 32.1. The normalized spacial score (nSPS) is 14.3. The topological polar surface area (TPSA) is 67.8 Å². The van der Waals surface area contributed by atoms with Crippen LogP contribution in [0.1, 0.15) is 31.4 Å². The first kappa shape index (κ1) is 15.5. The summed E-state index contributed by atoms with van der Waals surface area (Å²) in [5.41, 5.74) is 3.92. The van der Waals surface area contributed by atoms with Crippen molar-refractivity contribution in [1.82, 2.24) is 13.9 Å². The number of aromatic amines is 1. The second-order valence-corrected chi connectivity index (χ2v) is 7.52. The summed E-state index contributed by atoms with van der Waals surface area (Å²) in [4.78, 5) is 30.1. The lowest BCUT2D eigenvalue weighted by Gasteiger charge is -2.18. The van der Waals surface area contributed by atoms with Crippen LogP contribution in [0.15, 0.2) is 46.2 Å². The molecule has 0 spiro atoms. The molecule has 0 unspecified atom stereocenters. The fourth-order valence-electron chi connectivity index (χ4n) is 3.84. The standard InChI is InChI=1S/C20H17N3O2S/c1-2-13-14(11-7-9-21-10-8-11)5-6-15-17(13)23(12-3-4-12)20-16(18(15)24)19(25)22-26-20/h5-10,12H,2-4H2,1H3,(H,22,25). The van der Waals surface area contributed by atoms with Crippen LogP contribution in [0.5, 0.6) is 0 Å². The average molecular weight is 363 g/mol. The van der Waals surface area contributed by atoms with Gasteiger partial charge < -0.3 is 4.57 Å². The number of hydrogen-bond donors (Lipinski definition) is 1. The van der Waals surface area contributed by atoms with Crippen LogP contribution < -0.4 is 11.0 Å². The largest absolute Gasteiger partial charge is 0.327 e. The fourth-order valence-corrected chi connectivity index (χ4v) is 4.75. The molecule has 0 aliphatic heterocycles. The second-order valence-electron chi connectivity index (χ2n) is 6.72. The van der Waals surface area contributed by atoms with E-state index in [1.54, 1.807) is 12.4 Å². The number of pyridine rings is 2. The molecule has 130 valence electrons. The predicted octanol–water partition coefficient (Wildman–Crippen LogP) is 3.86. The Morgan fingerprint density at radius 1 is 1.19 bits per heavy atom. The third-order valence-corrected chi connectivity index (χ3v) is 6.03. The van der Waals surface area contributed by atoms with Gasteiger partial charge in [-0.3, -0.25) is 18.9 Å². The van der Waals surface area contributed by atoms with E-state index < -0.39 is 0 Å². The van der Waals surface area contributed by atoms with Crippen LogP contribution in [0, 0.1) is 0 Å². The average Bonchev–Trinajstić information content (AvgIpc) is 3.44. The van der Waals surface area contributed by atoms with Crippen molar-refractivity contribution in [3.05, 3.63) is 62.8 Å². The maximum atomic E-state index is 13.0. The summed E-state index contributed by atoms with van der Waals surface area (Å²) in [6, 6.07) is 8.23. The molecular weight excluding hydrogens is 346 g/mol. The minimum atomic E-state index is -0.275. The number of nitrogens with one attached hydrogen (secondary N) is 1. The first-order valence-corrected chi connectivity index (χ1v) is 9.64.